The number of hydrogen-bond acceptors (Lipinski definition) is 8. The molecule has 1 aromatic carbocycles. The highest BCUT2D eigenvalue weighted by Gasteiger charge is 2.29. The first kappa shape index (κ1) is 27.9. The van der Waals surface area contributed by atoms with Crippen molar-refractivity contribution in [3.05, 3.63) is 64.7 Å². The van der Waals surface area contributed by atoms with Gasteiger partial charge >= 0.3 is 6.09 Å². The topological polar surface area (TPSA) is 120 Å². The third-order valence-electron chi connectivity index (χ3n) is 6.18. The molecule has 3 aromatic heterocycles. The molecule has 0 aliphatic rings. The number of fused-ring (bicyclic) bond motifs is 1. The molecule has 0 spiro atoms. The molecule has 0 aliphatic carbocycles. The molecular weight excluding hydrogens is 518 g/mol. The van der Waals surface area contributed by atoms with E-state index in [0.29, 0.717) is 57.6 Å². The third-order valence-corrected chi connectivity index (χ3v) is 6.74. The lowest BCUT2D eigenvalue weighted by Gasteiger charge is -2.32. The molecule has 0 unspecified atom stereocenters. The lowest BCUT2D eigenvalue weighted by molar-refractivity contribution is 0.195. The maximum Gasteiger partial charge on any atom is 0.413 e. The third kappa shape index (κ3) is 5.98. The zero-order chi connectivity index (χ0) is 28.3. The number of hydrogen-bond donors (Lipinski definition) is 1. The number of aryl methyl sites for hydroxylation is 2. The van der Waals surface area contributed by atoms with E-state index in [1.165, 1.54) is 16.7 Å². The van der Waals surface area contributed by atoms with Gasteiger partial charge in [-0.3, -0.25) is 14.3 Å². The van der Waals surface area contributed by atoms with Crippen molar-refractivity contribution in [3.8, 4) is 22.6 Å². The Kier molecular flexibility index (Phi) is 8.10. The zero-order valence-corrected chi connectivity index (χ0v) is 23.6. The summed E-state index contributed by atoms with van der Waals surface area (Å²) in [5, 5.41) is 11.1. The van der Waals surface area contributed by atoms with Gasteiger partial charge in [-0.25, -0.2) is 19.7 Å². The van der Waals surface area contributed by atoms with Crippen molar-refractivity contribution in [2.75, 3.05) is 25.4 Å². The number of carboxylic acid groups (broad SMARTS) is 1. The van der Waals surface area contributed by atoms with Crippen LogP contribution in [0.4, 0.5) is 10.6 Å². The van der Waals surface area contributed by atoms with E-state index < -0.39 is 11.6 Å². The van der Waals surface area contributed by atoms with Gasteiger partial charge in [0.15, 0.2) is 5.16 Å². The Labute approximate surface area is 230 Å². The number of methoxy groups -OCH3 is 2. The van der Waals surface area contributed by atoms with Crippen molar-refractivity contribution in [2.24, 2.45) is 0 Å². The fourth-order valence-electron chi connectivity index (χ4n) is 4.33. The highest BCUT2D eigenvalue weighted by Crippen LogP contribution is 2.30. The maximum absolute atomic E-state index is 13.9. The molecule has 0 fully saturated rings. The van der Waals surface area contributed by atoms with Crippen LogP contribution in [-0.2, 0) is 13.0 Å². The van der Waals surface area contributed by atoms with Crippen molar-refractivity contribution >= 4 is 34.7 Å². The summed E-state index contributed by atoms with van der Waals surface area (Å²) in [5.41, 5.74) is 1.56. The molecule has 4 aromatic rings. The number of rotatable bonds is 8. The van der Waals surface area contributed by atoms with Crippen LogP contribution in [0.25, 0.3) is 22.2 Å². The molecule has 11 heteroatoms. The predicted octanol–water partition coefficient (Wildman–Crippen LogP) is 5.12. The summed E-state index contributed by atoms with van der Waals surface area (Å²) in [4.78, 5) is 40.4. The molecule has 0 bridgehead atoms. The van der Waals surface area contributed by atoms with Gasteiger partial charge in [0.1, 0.15) is 23.0 Å². The maximum atomic E-state index is 13.9. The van der Waals surface area contributed by atoms with Crippen LogP contribution in [0.3, 0.4) is 0 Å². The molecule has 0 atom stereocenters. The SMILES string of the molecule is COc1cc(OC)cc(-c2cc3cnc(SC)nc3n(CCc3ccnc(N(C(=O)O)C(C)(C)C)c3)c2=O)c1. The average molecular weight is 550 g/mol. The van der Waals surface area contributed by atoms with Crippen molar-refractivity contribution in [3.63, 3.8) is 0 Å². The van der Waals surface area contributed by atoms with Crippen molar-refractivity contribution < 1.29 is 19.4 Å². The molecule has 39 heavy (non-hydrogen) atoms. The zero-order valence-electron chi connectivity index (χ0n) is 22.8. The predicted molar refractivity (Wildman–Crippen MR) is 152 cm³/mol. The van der Waals surface area contributed by atoms with Crippen LogP contribution in [-0.4, -0.2) is 56.7 Å². The summed E-state index contributed by atoms with van der Waals surface area (Å²) < 4.78 is 12.5. The number of anilines is 1. The summed E-state index contributed by atoms with van der Waals surface area (Å²) in [6.07, 6.45) is 4.54. The summed E-state index contributed by atoms with van der Waals surface area (Å²) >= 11 is 1.39. The van der Waals surface area contributed by atoms with Gasteiger partial charge < -0.3 is 14.6 Å². The number of thioether (sulfide) groups is 1. The van der Waals surface area contributed by atoms with Gasteiger partial charge in [0, 0.05) is 41.5 Å². The number of amides is 1. The van der Waals surface area contributed by atoms with Gasteiger partial charge in [0.25, 0.3) is 5.56 Å². The quantitative estimate of drug-likeness (QED) is 0.236. The van der Waals surface area contributed by atoms with Gasteiger partial charge in [-0.1, -0.05) is 11.8 Å². The highest BCUT2D eigenvalue weighted by atomic mass is 32.2. The summed E-state index contributed by atoms with van der Waals surface area (Å²) in [5.74, 6) is 1.46. The fraction of sp³-hybridized carbons (Fsp3) is 0.321. The van der Waals surface area contributed by atoms with Gasteiger partial charge in [-0.2, -0.15) is 0 Å². The summed E-state index contributed by atoms with van der Waals surface area (Å²) in [6.45, 7) is 5.73. The second kappa shape index (κ2) is 11.3. The van der Waals surface area contributed by atoms with Crippen LogP contribution in [0, 0.1) is 0 Å². The van der Waals surface area contributed by atoms with E-state index in [-0.39, 0.29) is 5.56 Å². The van der Waals surface area contributed by atoms with Crippen LogP contribution >= 0.6 is 11.8 Å². The molecule has 10 nitrogen and oxygen atoms in total. The first-order chi connectivity index (χ1) is 18.5. The molecule has 3 heterocycles. The molecule has 1 N–H and O–H groups in total. The molecule has 204 valence electrons. The molecule has 4 rings (SSSR count). The Morgan fingerprint density at radius 1 is 1.08 bits per heavy atom. The number of aromatic nitrogens is 4. The highest BCUT2D eigenvalue weighted by molar-refractivity contribution is 7.98. The van der Waals surface area contributed by atoms with Crippen LogP contribution in [0.1, 0.15) is 26.3 Å². The number of ether oxygens (including phenoxy) is 2. The van der Waals surface area contributed by atoms with Gasteiger partial charge in [-0.05, 0) is 74.9 Å². The smallest absolute Gasteiger partial charge is 0.413 e. The Bertz CT molecular complexity index is 1560. The van der Waals surface area contributed by atoms with Gasteiger partial charge in [0.2, 0.25) is 0 Å². The van der Waals surface area contributed by atoms with Crippen LogP contribution in [0.15, 0.2) is 58.7 Å². The van der Waals surface area contributed by atoms with Crippen LogP contribution < -0.4 is 19.9 Å². The van der Waals surface area contributed by atoms with Crippen molar-refractivity contribution in [1.29, 1.82) is 0 Å². The van der Waals surface area contributed by atoms with E-state index in [1.807, 2.05) is 33.1 Å². The Morgan fingerprint density at radius 2 is 1.77 bits per heavy atom. The Hall–Kier alpha value is -4.12. The van der Waals surface area contributed by atoms with Crippen LogP contribution in [0.5, 0.6) is 11.5 Å². The minimum Gasteiger partial charge on any atom is -0.497 e. The lowest BCUT2D eigenvalue weighted by atomic mass is 10.0. The first-order valence-electron chi connectivity index (χ1n) is 12.2. The molecular formula is C28H31N5O5S. The number of pyridine rings is 2. The Balaban J connectivity index is 1.81. The molecule has 0 radical (unpaired) electrons. The van der Waals surface area contributed by atoms with E-state index in [9.17, 15) is 14.7 Å². The van der Waals surface area contributed by atoms with E-state index in [4.69, 9.17) is 9.47 Å². The van der Waals surface area contributed by atoms with Crippen molar-refractivity contribution in [1.82, 2.24) is 19.5 Å². The van der Waals surface area contributed by atoms with Gasteiger partial charge in [-0.15, -0.1) is 0 Å². The molecule has 1 amide bonds. The second-order valence-corrected chi connectivity index (χ2v) is 10.6. The minimum absolute atomic E-state index is 0.223. The minimum atomic E-state index is -1.09. The summed E-state index contributed by atoms with van der Waals surface area (Å²) in [7, 11) is 3.12. The fourth-order valence-corrected chi connectivity index (χ4v) is 4.66. The van der Waals surface area contributed by atoms with E-state index in [0.717, 1.165) is 5.56 Å². The average Bonchev–Trinajstić information content (AvgIpc) is 2.90. The molecule has 0 saturated carbocycles. The van der Waals surface area contributed by atoms with Crippen LogP contribution in [0.2, 0.25) is 0 Å². The normalized spacial score (nSPS) is 11.4. The number of nitrogens with zero attached hydrogens (tertiary/aromatic N) is 5. The summed E-state index contributed by atoms with van der Waals surface area (Å²) in [6, 6.07) is 10.7. The molecule has 0 saturated heterocycles. The standard InChI is InChI=1S/C28H31N5O5S/c1-28(2,3)33(27(35)36)23-11-17(7-9-29-23)8-10-32-24-19(16-30-26(31-24)39-6)14-22(25(32)34)18-12-20(37-4)15-21(13-18)38-5/h7,9,11-16H,8,10H2,1-6H3,(H,35,36). The second-order valence-electron chi connectivity index (χ2n) is 9.81. The largest absolute Gasteiger partial charge is 0.497 e. The number of carbonyl (C=O) groups is 1. The van der Waals surface area contributed by atoms with Gasteiger partial charge in [0.05, 0.1) is 14.2 Å². The lowest BCUT2D eigenvalue weighted by Crippen LogP contribution is -2.45. The van der Waals surface area contributed by atoms with Crippen molar-refractivity contribution in [2.45, 2.75) is 44.4 Å². The molecule has 0 aliphatic heterocycles. The van der Waals surface area contributed by atoms with E-state index in [1.54, 1.807) is 61.5 Å². The van der Waals surface area contributed by atoms with E-state index >= 15 is 0 Å². The first-order valence-corrected chi connectivity index (χ1v) is 13.4. The number of benzene rings is 1. The Morgan fingerprint density at radius 3 is 2.36 bits per heavy atom. The monoisotopic (exact) mass is 549 g/mol. The van der Waals surface area contributed by atoms with E-state index in [2.05, 4.69) is 15.0 Å².